The van der Waals surface area contributed by atoms with E-state index in [1.807, 2.05) is 13.1 Å². The molecule has 0 radical (unpaired) electrons. The van der Waals surface area contributed by atoms with Crippen LogP contribution in [0.1, 0.15) is 24.3 Å². The molecule has 1 atom stereocenters. The third-order valence-corrected chi connectivity index (χ3v) is 4.81. The number of rotatable bonds is 4. The molecule has 1 heterocycles. The summed E-state index contributed by atoms with van der Waals surface area (Å²) in [5, 5.41) is 3.30. The molecule has 1 nitrogen and oxygen atoms in total. The zero-order valence-electron chi connectivity index (χ0n) is 10.3. The van der Waals surface area contributed by atoms with Crippen molar-refractivity contribution >= 4 is 27.3 Å². The van der Waals surface area contributed by atoms with E-state index >= 15 is 0 Å². The lowest BCUT2D eigenvalue weighted by Gasteiger charge is -2.10. The smallest absolute Gasteiger partial charge is 0.124 e. The third-order valence-electron chi connectivity index (χ3n) is 2.92. The first kappa shape index (κ1) is 13.7. The lowest BCUT2D eigenvalue weighted by molar-refractivity contribution is 0.586. The Hall–Kier alpha value is -0.710. The van der Waals surface area contributed by atoms with Crippen molar-refractivity contribution < 1.29 is 4.39 Å². The minimum Gasteiger partial charge on any atom is -0.312 e. The number of hydrogen-bond donors (Lipinski definition) is 1. The van der Waals surface area contributed by atoms with E-state index in [9.17, 15) is 4.39 Å². The fourth-order valence-electron chi connectivity index (χ4n) is 1.92. The minimum atomic E-state index is -0.218. The minimum absolute atomic E-state index is 0.218. The number of hydrogen-bond acceptors (Lipinski definition) is 2. The molecule has 0 fully saturated rings. The fourth-order valence-corrected chi connectivity index (χ4v) is 3.86. The molecule has 0 aliphatic heterocycles. The van der Waals surface area contributed by atoms with Gasteiger partial charge in [0.25, 0.3) is 0 Å². The third kappa shape index (κ3) is 2.82. The fraction of sp³-hybridized carbons (Fsp3) is 0.286. The highest BCUT2D eigenvalue weighted by molar-refractivity contribution is 9.10. The molecule has 0 aliphatic rings. The molecule has 1 unspecified atom stereocenters. The number of thiophene rings is 1. The Morgan fingerprint density at radius 2 is 2.11 bits per heavy atom. The molecule has 1 N–H and O–H groups in total. The standard InChI is InChI=1S/C14H15BrFNS/c1-3-12(17-2)14-7-6-13(18-14)10-5-4-9(16)8-11(10)15/h4-8,12,17H,3H2,1-2H3. The van der Waals surface area contributed by atoms with Crippen molar-refractivity contribution in [2.24, 2.45) is 0 Å². The Morgan fingerprint density at radius 3 is 2.72 bits per heavy atom. The van der Waals surface area contributed by atoms with E-state index in [0.717, 1.165) is 21.3 Å². The van der Waals surface area contributed by atoms with E-state index in [4.69, 9.17) is 0 Å². The topological polar surface area (TPSA) is 12.0 Å². The lowest BCUT2D eigenvalue weighted by Crippen LogP contribution is -2.13. The van der Waals surface area contributed by atoms with Crippen molar-refractivity contribution in [2.45, 2.75) is 19.4 Å². The van der Waals surface area contributed by atoms with Gasteiger partial charge in [-0.3, -0.25) is 0 Å². The molecule has 0 saturated heterocycles. The SMILES string of the molecule is CCC(NC)c1ccc(-c2ccc(F)cc2Br)s1. The van der Waals surface area contributed by atoms with Crippen LogP contribution in [0.4, 0.5) is 4.39 Å². The van der Waals surface area contributed by atoms with Gasteiger partial charge in [0, 0.05) is 25.8 Å². The van der Waals surface area contributed by atoms with Gasteiger partial charge in [0.1, 0.15) is 5.82 Å². The Labute approximate surface area is 119 Å². The zero-order valence-corrected chi connectivity index (χ0v) is 12.7. The molecule has 96 valence electrons. The van der Waals surface area contributed by atoms with Crippen molar-refractivity contribution in [3.63, 3.8) is 0 Å². The van der Waals surface area contributed by atoms with E-state index in [1.165, 1.54) is 17.0 Å². The molecule has 1 aromatic carbocycles. The maximum atomic E-state index is 13.1. The highest BCUT2D eigenvalue weighted by Gasteiger charge is 2.12. The van der Waals surface area contributed by atoms with Crippen LogP contribution in [0.25, 0.3) is 10.4 Å². The second kappa shape index (κ2) is 5.95. The summed E-state index contributed by atoms with van der Waals surface area (Å²) in [6, 6.07) is 9.44. The molecule has 2 aromatic rings. The van der Waals surface area contributed by atoms with Crippen molar-refractivity contribution in [2.75, 3.05) is 7.05 Å². The molecule has 2 rings (SSSR count). The van der Waals surface area contributed by atoms with Crippen LogP contribution in [0.3, 0.4) is 0 Å². The van der Waals surface area contributed by atoms with Gasteiger partial charge >= 0.3 is 0 Å². The van der Waals surface area contributed by atoms with Crippen LogP contribution in [0.15, 0.2) is 34.8 Å². The Morgan fingerprint density at radius 1 is 1.33 bits per heavy atom. The summed E-state index contributed by atoms with van der Waals surface area (Å²) in [4.78, 5) is 2.47. The molecular formula is C14H15BrFNS. The molecule has 18 heavy (non-hydrogen) atoms. The number of benzene rings is 1. The van der Waals surface area contributed by atoms with Crippen LogP contribution in [0.2, 0.25) is 0 Å². The van der Waals surface area contributed by atoms with E-state index in [2.05, 4.69) is 40.3 Å². The summed E-state index contributed by atoms with van der Waals surface area (Å²) >= 11 is 5.16. The van der Waals surface area contributed by atoms with E-state index < -0.39 is 0 Å². The predicted molar refractivity (Wildman–Crippen MR) is 79.5 cm³/mol. The second-order valence-electron chi connectivity index (χ2n) is 4.08. The van der Waals surface area contributed by atoms with Gasteiger partial charge in [-0.2, -0.15) is 0 Å². The van der Waals surface area contributed by atoms with Crippen LogP contribution in [0.5, 0.6) is 0 Å². The van der Waals surface area contributed by atoms with Gasteiger partial charge in [-0.15, -0.1) is 11.3 Å². The highest BCUT2D eigenvalue weighted by Crippen LogP contribution is 2.36. The molecule has 0 amide bonds. The molecular weight excluding hydrogens is 313 g/mol. The first-order chi connectivity index (χ1) is 8.65. The van der Waals surface area contributed by atoms with Crippen molar-refractivity contribution in [3.05, 3.63) is 45.5 Å². The van der Waals surface area contributed by atoms with Gasteiger partial charge in [0.15, 0.2) is 0 Å². The van der Waals surface area contributed by atoms with Crippen LogP contribution < -0.4 is 5.32 Å². The molecule has 0 bridgehead atoms. The molecule has 0 spiro atoms. The summed E-state index contributed by atoms with van der Waals surface area (Å²) < 4.78 is 13.9. The first-order valence-corrected chi connectivity index (χ1v) is 7.49. The summed E-state index contributed by atoms with van der Waals surface area (Å²) in [6.07, 6.45) is 1.06. The average Bonchev–Trinajstić information content (AvgIpc) is 2.80. The van der Waals surface area contributed by atoms with Gasteiger partial charge < -0.3 is 5.32 Å². The Kier molecular flexibility index (Phi) is 4.54. The molecule has 4 heteroatoms. The number of nitrogens with one attached hydrogen (secondary N) is 1. The summed E-state index contributed by atoms with van der Waals surface area (Å²) in [5.41, 5.74) is 1.04. The van der Waals surface area contributed by atoms with Crippen molar-refractivity contribution in [1.82, 2.24) is 5.32 Å². The van der Waals surface area contributed by atoms with Crippen LogP contribution in [-0.4, -0.2) is 7.05 Å². The predicted octanol–water partition coefficient (Wildman–Crippen LogP) is 4.99. The maximum Gasteiger partial charge on any atom is 0.124 e. The summed E-state index contributed by atoms with van der Waals surface area (Å²) in [7, 11) is 1.97. The van der Waals surface area contributed by atoms with Crippen LogP contribution >= 0.6 is 27.3 Å². The summed E-state index contributed by atoms with van der Waals surface area (Å²) in [5.74, 6) is -0.218. The molecule has 1 aromatic heterocycles. The van der Waals surface area contributed by atoms with E-state index in [-0.39, 0.29) is 5.82 Å². The maximum absolute atomic E-state index is 13.1. The van der Waals surface area contributed by atoms with Crippen molar-refractivity contribution in [3.8, 4) is 10.4 Å². The Balaban J connectivity index is 2.34. The molecule has 0 saturated carbocycles. The highest BCUT2D eigenvalue weighted by atomic mass is 79.9. The van der Waals surface area contributed by atoms with Gasteiger partial charge in [0.05, 0.1) is 0 Å². The van der Waals surface area contributed by atoms with E-state index in [0.29, 0.717) is 6.04 Å². The van der Waals surface area contributed by atoms with Gasteiger partial charge in [-0.05, 0) is 43.8 Å². The Bertz CT molecular complexity index is 534. The zero-order chi connectivity index (χ0) is 13.1. The number of halogens is 2. The lowest BCUT2D eigenvalue weighted by atomic mass is 10.1. The van der Waals surface area contributed by atoms with E-state index in [1.54, 1.807) is 11.3 Å². The average molecular weight is 328 g/mol. The second-order valence-corrected chi connectivity index (χ2v) is 6.05. The summed E-state index contributed by atoms with van der Waals surface area (Å²) in [6.45, 7) is 2.16. The quantitative estimate of drug-likeness (QED) is 0.834. The van der Waals surface area contributed by atoms with Gasteiger partial charge in [0.2, 0.25) is 0 Å². The van der Waals surface area contributed by atoms with Crippen LogP contribution in [-0.2, 0) is 0 Å². The monoisotopic (exact) mass is 327 g/mol. The van der Waals surface area contributed by atoms with Crippen LogP contribution in [0, 0.1) is 5.82 Å². The van der Waals surface area contributed by atoms with Gasteiger partial charge in [-0.25, -0.2) is 4.39 Å². The van der Waals surface area contributed by atoms with Gasteiger partial charge in [-0.1, -0.05) is 22.9 Å². The molecule has 0 aliphatic carbocycles. The van der Waals surface area contributed by atoms with Crippen molar-refractivity contribution in [1.29, 1.82) is 0 Å². The largest absolute Gasteiger partial charge is 0.312 e. The first-order valence-electron chi connectivity index (χ1n) is 5.88. The normalized spacial score (nSPS) is 12.7.